The number of hydrogen-bond acceptors (Lipinski definition) is 2. The highest BCUT2D eigenvalue weighted by Crippen LogP contribution is 2.39. The first kappa shape index (κ1) is 11.3. The number of hydrogen-bond donors (Lipinski definition) is 1. The lowest BCUT2D eigenvalue weighted by atomic mass is 9.92. The average Bonchev–Trinajstić information content (AvgIpc) is 2.39. The fourth-order valence-electron chi connectivity index (χ4n) is 2.59. The lowest BCUT2D eigenvalue weighted by Crippen LogP contribution is -2.24. The maximum absolute atomic E-state index is 6.24. The molecule has 1 unspecified atom stereocenters. The minimum atomic E-state index is 0.0551. The third kappa shape index (κ3) is 1.89. The number of ether oxygens (including phenoxy) is 1. The molecule has 0 aliphatic carbocycles. The molecule has 92 valence electrons. The molecular formula is C16H17NO. The van der Waals surface area contributed by atoms with E-state index >= 15 is 0 Å². The third-order valence-electron chi connectivity index (χ3n) is 3.59. The van der Waals surface area contributed by atoms with Crippen molar-refractivity contribution < 1.29 is 4.74 Å². The molecule has 0 fully saturated rings. The van der Waals surface area contributed by atoms with Gasteiger partial charge in [0, 0.05) is 18.0 Å². The molecule has 2 heteroatoms. The van der Waals surface area contributed by atoms with Gasteiger partial charge in [0.25, 0.3) is 0 Å². The third-order valence-corrected chi connectivity index (χ3v) is 3.59. The molecular weight excluding hydrogens is 222 g/mol. The van der Waals surface area contributed by atoms with Crippen LogP contribution in [0.5, 0.6) is 5.75 Å². The molecule has 0 spiro atoms. The van der Waals surface area contributed by atoms with E-state index in [4.69, 9.17) is 10.5 Å². The Morgan fingerprint density at radius 2 is 1.67 bits per heavy atom. The zero-order valence-corrected chi connectivity index (χ0v) is 10.5. The van der Waals surface area contributed by atoms with Crippen LogP contribution in [0.1, 0.15) is 35.3 Å². The maximum atomic E-state index is 6.24. The summed E-state index contributed by atoms with van der Waals surface area (Å²) in [7, 11) is 0. The predicted octanol–water partition coefficient (Wildman–Crippen LogP) is 3.52. The van der Waals surface area contributed by atoms with Crippen molar-refractivity contribution in [3.05, 3.63) is 65.2 Å². The van der Waals surface area contributed by atoms with Crippen LogP contribution in [0.15, 0.2) is 48.5 Å². The van der Waals surface area contributed by atoms with Gasteiger partial charge in [-0.2, -0.15) is 0 Å². The van der Waals surface area contributed by atoms with Gasteiger partial charge >= 0.3 is 0 Å². The Labute approximate surface area is 107 Å². The van der Waals surface area contributed by atoms with Crippen molar-refractivity contribution >= 4 is 0 Å². The minimum Gasteiger partial charge on any atom is -0.485 e. The van der Waals surface area contributed by atoms with Crippen LogP contribution in [0.3, 0.4) is 0 Å². The van der Waals surface area contributed by atoms with E-state index in [-0.39, 0.29) is 12.1 Å². The Kier molecular flexibility index (Phi) is 2.80. The lowest BCUT2D eigenvalue weighted by Gasteiger charge is -2.31. The molecule has 1 heterocycles. The summed E-state index contributed by atoms with van der Waals surface area (Å²) in [6, 6.07) is 16.5. The van der Waals surface area contributed by atoms with E-state index in [9.17, 15) is 0 Å². The van der Waals surface area contributed by atoms with Crippen molar-refractivity contribution in [2.45, 2.75) is 25.5 Å². The summed E-state index contributed by atoms with van der Waals surface area (Å²) in [6.07, 6.45) is 0.901. The van der Waals surface area contributed by atoms with Gasteiger partial charge in [0.2, 0.25) is 0 Å². The van der Waals surface area contributed by atoms with Crippen molar-refractivity contribution in [1.29, 1.82) is 0 Å². The summed E-state index contributed by atoms with van der Waals surface area (Å²) in [5, 5.41) is 0. The fourth-order valence-corrected chi connectivity index (χ4v) is 2.59. The van der Waals surface area contributed by atoms with Crippen LogP contribution in [0.25, 0.3) is 0 Å². The van der Waals surface area contributed by atoms with Crippen molar-refractivity contribution in [2.24, 2.45) is 5.73 Å². The smallest absolute Gasteiger partial charge is 0.126 e. The molecule has 0 saturated carbocycles. The number of fused-ring (bicyclic) bond motifs is 1. The quantitative estimate of drug-likeness (QED) is 0.826. The van der Waals surface area contributed by atoms with Crippen LogP contribution >= 0.6 is 0 Å². The molecule has 0 radical (unpaired) electrons. The summed E-state index contributed by atoms with van der Waals surface area (Å²) in [5.74, 6) is 0.921. The highest BCUT2D eigenvalue weighted by molar-refractivity contribution is 5.40. The van der Waals surface area contributed by atoms with Gasteiger partial charge in [-0.1, -0.05) is 42.5 Å². The number of para-hydroxylation sites is 1. The van der Waals surface area contributed by atoms with Gasteiger partial charge in [-0.15, -0.1) is 0 Å². The van der Waals surface area contributed by atoms with Crippen LogP contribution in [0.2, 0.25) is 0 Å². The highest BCUT2D eigenvalue weighted by atomic mass is 16.5. The average molecular weight is 239 g/mol. The molecule has 2 aromatic carbocycles. The van der Waals surface area contributed by atoms with Gasteiger partial charge in [-0.25, -0.2) is 0 Å². The van der Waals surface area contributed by atoms with E-state index in [2.05, 4.69) is 31.2 Å². The van der Waals surface area contributed by atoms with Crippen molar-refractivity contribution in [2.75, 3.05) is 0 Å². The first-order valence-corrected chi connectivity index (χ1v) is 6.32. The molecule has 0 amide bonds. The molecule has 2 aromatic rings. The molecule has 1 aliphatic rings. The second-order valence-corrected chi connectivity index (χ2v) is 4.84. The van der Waals surface area contributed by atoms with Gasteiger partial charge in [-0.05, 0) is 24.1 Å². The maximum Gasteiger partial charge on any atom is 0.126 e. The van der Waals surface area contributed by atoms with Crippen LogP contribution in [-0.4, -0.2) is 0 Å². The normalized spacial score (nSPS) is 22.1. The molecule has 0 saturated heterocycles. The Bertz CT molecular complexity index is 565. The molecule has 2 atom stereocenters. The minimum absolute atomic E-state index is 0.0551. The summed E-state index contributed by atoms with van der Waals surface area (Å²) in [4.78, 5) is 0. The molecule has 2 N–H and O–H groups in total. The van der Waals surface area contributed by atoms with E-state index in [0.717, 1.165) is 17.7 Å². The second kappa shape index (κ2) is 4.46. The molecule has 0 bridgehead atoms. The Morgan fingerprint density at radius 3 is 2.44 bits per heavy atom. The van der Waals surface area contributed by atoms with E-state index in [1.165, 1.54) is 11.1 Å². The number of nitrogens with two attached hydrogens (primary N) is 1. The SMILES string of the molecule is Cc1ccccc1C1C[C@H](N)c2ccccc2O1. The van der Waals surface area contributed by atoms with E-state index in [0.29, 0.717) is 0 Å². The number of benzene rings is 2. The first-order valence-electron chi connectivity index (χ1n) is 6.32. The van der Waals surface area contributed by atoms with Gasteiger partial charge in [-0.3, -0.25) is 0 Å². The standard InChI is InChI=1S/C16H17NO/c1-11-6-2-3-7-12(11)16-10-14(17)13-8-4-5-9-15(13)18-16/h2-9,14,16H,10,17H2,1H3/t14-,16?/m0/s1. The highest BCUT2D eigenvalue weighted by Gasteiger charge is 2.27. The van der Waals surface area contributed by atoms with E-state index in [1.54, 1.807) is 0 Å². The molecule has 18 heavy (non-hydrogen) atoms. The Hall–Kier alpha value is -1.80. The molecule has 2 nitrogen and oxygen atoms in total. The van der Waals surface area contributed by atoms with Gasteiger partial charge < -0.3 is 10.5 Å². The van der Waals surface area contributed by atoms with Crippen molar-refractivity contribution in [3.63, 3.8) is 0 Å². The van der Waals surface area contributed by atoms with Crippen LogP contribution < -0.4 is 10.5 Å². The molecule has 3 rings (SSSR count). The topological polar surface area (TPSA) is 35.2 Å². The van der Waals surface area contributed by atoms with Crippen LogP contribution in [0.4, 0.5) is 0 Å². The van der Waals surface area contributed by atoms with Crippen molar-refractivity contribution in [3.8, 4) is 5.75 Å². The zero-order valence-electron chi connectivity index (χ0n) is 10.5. The Balaban J connectivity index is 1.97. The lowest BCUT2D eigenvalue weighted by molar-refractivity contribution is 0.161. The molecule has 0 aromatic heterocycles. The summed E-state index contributed by atoms with van der Waals surface area (Å²) >= 11 is 0. The van der Waals surface area contributed by atoms with Gasteiger partial charge in [0.15, 0.2) is 0 Å². The van der Waals surface area contributed by atoms with Gasteiger partial charge in [0.05, 0.1) is 0 Å². The summed E-state index contributed by atoms with van der Waals surface area (Å²) in [6.45, 7) is 2.12. The van der Waals surface area contributed by atoms with Gasteiger partial charge in [0.1, 0.15) is 11.9 Å². The van der Waals surface area contributed by atoms with Crippen LogP contribution in [-0.2, 0) is 0 Å². The summed E-state index contributed by atoms with van der Waals surface area (Å²) in [5.41, 5.74) is 9.85. The number of aryl methyl sites for hydroxylation is 1. The fraction of sp³-hybridized carbons (Fsp3) is 0.250. The van der Waals surface area contributed by atoms with E-state index in [1.807, 2.05) is 24.3 Å². The monoisotopic (exact) mass is 239 g/mol. The zero-order chi connectivity index (χ0) is 12.5. The largest absolute Gasteiger partial charge is 0.485 e. The summed E-state index contributed by atoms with van der Waals surface area (Å²) < 4.78 is 6.09. The first-order chi connectivity index (χ1) is 8.75. The van der Waals surface area contributed by atoms with Crippen LogP contribution in [0, 0.1) is 6.92 Å². The molecule has 1 aliphatic heterocycles. The van der Waals surface area contributed by atoms with Crippen molar-refractivity contribution in [1.82, 2.24) is 0 Å². The van der Waals surface area contributed by atoms with E-state index < -0.39 is 0 Å². The Morgan fingerprint density at radius 1 is 1.00 bits per heavy atom. The number of rotatable bonds is 1. The second-order valence-electron chi connectivity index (χ2n) is 4.84. The predicted molar refractivity (Wildman–Crippen MR) is 72.5 cm³/mol.